The van der Waals surface area contributed by atoms with Crippen LogP contribution in [0, 0.1) is 11.8 Å². The Morgan fingerprint density at radius 2 is 1.83 bits per heavy atom. The molecule has 0 aromatic heterocycles. The highest BCUT2D eigenvalue weighted by Crippen LogP contribution is 2.17. The molecule has 0 aliphatic rings. The first-order valence-corrected chi connectivity index (χ1v) is 9.26. The Balaban J connectivity index is 2.38. The third kappa shape index (κ3) is 7.98. The van der Waals surface area contributed by atoms with Gasteiger partial charge in [0.15, 0.2) is 0 Å². The van der Waals surface area contributed by atoms with Crippen molar-refractivity contribution >= 4 is 0 Å². The van der Waals surface area contributed by atoms with Gasteiger partial charge in [0.2, 0.25) is 0 Å². The lowest BCUT2D eigenvalue weighted by atomic mass is 9.94. The van der Waals surface area contributed by atoms with E-state index in [4.69, 9.17) is 0 Å². The molecule has 0 heterocycles. The van der Waals surface area contributed by atoms with Crippen molar-refractivity contribution < 1.29 is 10.2 Å². The van der Waals surface area contributed by atoms with Crippen molar-refractivity contribution in [3.05, 3.63) is 42.0 Å². The molecule has 3 nitrogen and oxygen atoms in total. The summed E-state index contributed by atoms with van der Waals surface area (Å²) < 4.78 is 0. The minimum atomic E-state index is -0.377. The Kier molecular flexibility index (Phi) is 9.73. The average molecular weight is 334 g/mol. The molecule has 3 N–H and O–H groups in total. The van der Waals surface area contributed by atoms with Crippen LogP contribution in [0.15, 0.2) is 36.4 Å². The van der Waals surface area contributed by atoms with Gasteiger partial charge in [-0.15, -0.1) is 0 Å². The zero-order chi connectivity index (χ0) is 17.9. The van der Waals surface area contributed by atoms with Gasteiger partial charge in [0.05, 0.1) is 6.10 Å². The number of hydrogen-bond donors (Lipinski definition) is 3. The predicted octanol–water partition coefficient (Wildman–Crippen LogP) is 4.29. The van der Waals surface area contributed by atoms with Crippen molar-refractivity contribution in [2.75, 3.05) is 7.05 Å². The van der Waals surface area contributed by atoms with E-state index in [1.807, 2.05) is 19.2 Å². The van der Waals surface area contributed by atoms with Crippen LogP contribution in [0.5, 0.6) is 5.75 Å². The second-order valence-corrected chi connectivity index (χ2v) is 7.06. The smallest absolute Gasteiger partial charge is 0.115 e. The number of phenols is 1. The maximum Gasteiger partial charge on any atom is 0.115 e. The third-order valence-electron chi connectivity index (χ3n) is 4.79. The molecule has 1 aromatic rings. The van der Waals surface area contributed by atoms with Crippen molar-refractivity contribution in [1.82, 2.24) is 5.32 Å². The Hall–Kier alpha value is -1.32. The van der Waals surface area contributed by atoms with Gasteiger partial charge in [0.25, 0.3) is 0 Å². The molecule has 4 atom stereocenters. The first-order chi connectivity index (χ1) is 11.5. The van der Waals surface area contributed by atoms with Gasteiger partial charge in [-0.3, -0.25) is 0 Å². The maximum atomic E-state index is 10.4. The van der Waals surface area contributed by atoms with Crippen LogP contribution in [0.3, 0.4) is 0 Å². The van der Waals surface area contributed by atoms with Crippen LogP contribution < -0.4 is 5.32 Å². The zero-order valence-electron chi connectivity index (χ0n) is 15.7. The van der Waals surface area contributed by atoms with Crippen LogP contribution in [0.25, 0.3) is 0 Å². The fourth-order valence-electron chi connectivity index (χ4n) is 2.99. The summed E-state index contributed by atoms with van der Waals surface area (Å²) in [7, 11) is 1.89. The lowest BCUT2D eigenvalue weighted by Gasteiger charge is -2.22. The molecule has 1 aromatic carbocycles. The molecule has 0 saturated carbocycles. The van der Waals surface area contributed by atoms with Crippen molar-refractivity contribution in [3.63, 3.8) is 0 Å². The molecule has 0 amide bonds. The second kappa shape index (κ2) is 11.3. The van der Waals surface area contributed by atoms with E-state index in [1.165, 1.54) is 12.8 Å². The quantitative estimate of drug-likeness (QED) is 0.529. The van der Waals surface area contributed by atoms with Gasteiger partial charge in [-0.05, 0) is 62.3 Å². The van der Waals surface area contributed by atoms with Crippen molar-refractivity contribution in [3.8, 4) is 5.75 Å². The lowest BCUT2D eigenvalue weighted by molar-refractivity contribution is 0.122. The maximum absolute atomic E-state index is 10.4. The molecule has 0 radical (unpaired) electrons. The van der Waals surface area contributed by atoms with Gasteiger partial charge in [-0.1, -0.05) is 51.5 Å². The number of nitrogens with one attached hydrogen (secondary N) is 1. The van der Waals surface area contributed by atoms with Crippen LogP contribution in [0.4, 0.5) is 0 Å². The molecule has 0 aliphatic heterocycles. The largest absolute Gasteiger partial charge is 0.508 e. The number of phenolic OH excluding ortho intramolecular Hbond substituents is 1. The van der Waals surface area contributed by atoms with E-state index in [1.54, 1.807) is 12.1 Å². The molecule has 0 saturated heterocycles. The van der Waals surface area contributed by atoms with Gasteiger partial charge >= 0.3 is 0 Å². The molecule has 24 heavy (non-hydrogen) atoms. The van der Waals surface area contributed by atoms with Crippen molar-refractivity contribution in [2.45, 2.75) is 65.0 Å². The van der Waals surface area contributed by atoms with Crippen LogP contribution in [0.1, 0.15) is 52.0 Å². The summed E-state index contributed by atoms with van der Waals surface area (Å²) in [6, 6.07) is 7.22. The summed E-state index contributed by atoms with van der Waals surface area (Å²) in [6.45, 7) is 6.80. The molecule has 3 heteroatoms. The minimum absolute atomic E-state index is 0.0282. The zero-order valence-corrected chi connectivity index (χ0v) is 15.7. The molecule has 0 aliphatic carbocycles. The predicted molar refractivity (Wildman–Crippen MR) is 102 cm³/mol. The topological polar surface area (TPSA) is 52.5 Å². The van der Waals surface area contributed by atoms with Crippen LogP contribution in [-0.4, -0.2) is 29.4 Å². The van der Waals surface area contributed by atoms with Gasteiger partial charge in [0.1, 0.15) is 5.75 Å². The number of allylic oxidation sites excluding steroid dienone is 2. The number of hydrogen-bond acceptors (Lipinski definition) is 3. The summed E-state index contributed by atoms with van der Waals surface area (Å²) >= 11 is 0. The number of benzene rings is 1. The standard InChI is InChI=1S/C21H35NO2/c1-5-16(2)14-17(3)8-6-7-9-21(24)20(22-4)15-18-10-12-19(23)13-11-18/h6,8,10-13,16-17,20-24H,5,7,9,14-15H2,1-4H3/b8-6+/t16-,17+,20+,21-/m0/s1. The lowest BCUT2D eigenvalue weighted by Crippen LogP contribution is -2.39. The first-order valence-electron chi connectivity index (χ1n) is 9.26. The fourth-order valence-corrected chi connectivity index (χ4v) is 2.99. The van der Waals surface area contributed by atoms with E-state index in [9.17, 15) is 10.2 Å². The summed E-state index contributed by atoms with van der Waals surface area (Å²) in [5.41, 5.74) is 1.11. The highest BCUT2D eigenvalue weighted by Gasteiger charge is 2.17. The van der Waals surface area contributed by atoms with E-state index in [2.05, 4.69) is 38.2 Å². The number of likely N-dealkylation sites (N-methyl/N-ethyl adjacent to an activating group) is 1. The summed E-state index contributed by atoms with van der Waals surface area (Å²) in [5, 5.41) is 23.0. The summed E-state index contributed by atoms with van der Waals surface area (Å²) in [6.07, 6.45) is 9.00. The second-order valence-electron chi connectivity index (χ2n) is 7.06. The average Bonchev–Trinajstić information content (AvgIpc) is 2.57. The van der Waals surface area contributed by atoms with E-state index >= 15 is 0 Å². The molecule has 0 spiro atoms. The summed E-state index contributed by atoms with van der Waals surface area (Å²) in [5.74, 6) is 1.65. The number of rotatable bonds is 11. The van der Waals surface area contributed by atoms with Crippen molar-refractivity contribution in [2.24, 2.45) is 11.8 Å². The van der Waals surface area contributed by atoms with E-state index in [0.29, 0.717) is 5.92 Å². The Morgan fingerprint density at radius 3 is 2.42 bits per heavy atom. The molecule has 0 unspecified atom stereocenters. The molecule has 136 valence electrons. The molecule has 0 bridgehead atoms. The van der Waals surface area contributed by atoms with Gasteiger partial charge in [-0.2, -0.15) is 0 Å². The van der Waals surface area contributed by atoms with Crippen LogP contribution in [-0.2, 0) is 6.42 Å². The highest BCUT2D eigenvalue weighted by molar-refractivity contribution is 5.26. The number of aliphatic hydroxyl groups is 1. The first kappa shape index (κ1) is 20.7. The Labute approximate surface area is 147 Å². The van der Waals surface area contributed by atoms with E-state index in [0.717, 1.165) is 30.7 Å². The van der Waals surface area contributed by atoms with Crippen LogP contribution in [0.2, 0.25) is 0 Å². The number of aliphatic hydroxyl groups excluding tert-OH is 1. The molecule has 1 rings (SSSR count). The van der Waals surface area contributed by atoms with Crippen molar-refractivity contribution in [1.29, 1.82) is 0 Å². The number of aromatic hydroxyl groups is 1. The summed E-state index contributed by atoms with van der Waals surface area (Å²) in [4.78, 5) is 0. The van der Waals surface area contributed by atoms with Gasteiger partial charge in [0, 0.05) is 6.04 Å². The minimum Gasteiger partial charge on any atom is -0.508 e. The molecular weight excluding hydrogens is 298 g/mol. The van der Waals surface area contributed by atoms with E-state index < -0.39 is 0 Å². The van der Waals surface area contributed by atoms with E-state index in [-0.39, 0.29) is 17.9 Å². The van der Waals surface area contributed by atoms with Gasteiger partial charge in [-0.25, -0.2) is 0 Å². The van der Waals surface area contributed by atoms with Gasteiger partial charge < -0.3 is 15.5 Å². The highest BCUT2D eigenvalue weighted by atomic mass is 16.3. The normalized spacial score (nSPS) is 16.9. The Morgan fingerprint density at radius 1 is 1.17 bits per heavy atom. The Bertz CT molecular complexity index is 469. The third-order valence-corrected chi connectivity index (χ3v) is 4.79. The molecular formula is C21H35NO2. The SMILES string of the molecule is CC[C@H](C)C[C@H](C)/C=C/CC[C@H](O)[C@@H](Cc1ccc(O)cc1)NC. The molecule has 0 fully saturated rings. The monoisotopic (exact) mass is 333 g/mol. The fraction of sp³-hybridized carbons (Fsp3) is 0.619. The van der Waals surface area contributed by atoms with Crippen LogP contribution >= 0.6 is 0 Å².